The van der Waals surface area contributed by atoms with Crippen molar-refractivity contribution in [3.05, 3.63) is 48.5 Å². The molecule has 37 heavy (non-hydrogen) atoms. The Balaban J connectivity index is 1.32. The van der Waals surface area contributed by atoms with Gasteiger partial charge in [-0.05, 0) is 50.9 Å². The lowest BCUT2D eigenvalue weighted by Gasteiger charge is -2.28. The molecule has 0 fully saturated rings. The number of hydrogen-bond acceptors (Lipinski definition) is 0. The molecule has 3 rings (SSSR count). The Bertz CT molecular complexity index is 685. The molecule has 0 saturated carbocycles. The molecule has 1 N–H and O–H groups in total. The number of quaternary nitrogens is 1. The average Bonchev–Trinajstić information content (AvgIpc) is 2.92. The first-order valence-electron chi connectivity index (χ1n) is 16.6. The van der Waals surface area contributed by atoms with E-state index in [2.05, 4.69) is 47.8 Å². The molecule has 0 aliphatic carbocycles. The second-order valence-corrected chi connectivity index (χ2v) is 12.1. The topological polar surface area (TPSA) is 7.45 Å². The molecular formula is C35H60N2. The number of rotatable bonds is 0. The van der Waals surface area contributed by atoms with Crippen LogP contribution >= 0.6 is 0 Å². The van der Waals surface area contributed by atoms with Gasteiger partial charge in [0.05, 0.1) is 12.7 Å². The maximum atomic E-state index is 2.55. The monoisotopic (exact) mass is 508 g/mol. The molecule has 2 heteroatoms. The van der Waals surface area contributed by atoms with E-state index in [0.717, 1.165) is 0 Å². The van der Waals surface area contributed by atoms with Gasteiger partial charge in [0, 0.05) is 12.0 Å². The molecular weight excluding hydrogens is 448 g/mol. The van der Waals surface area contributed by atoms with Crippen molar-refractivity contribution in [3.63, 3.8) is 0 Å². The van der Waals surface area contributed by atoms with Crippen LogP contribution in [0.1, 0.15) is 148 Å². The second-order valence-electron chi connectivity index (χ2n) is 12.1. The van der Waals surface area contributed by atoms with Gasteiger partial charge in [-0.3, -0.25) is 6.08 Å². The molecule has 0 aromatic carbocycles. The highest BCUT2D eigenvalue weighted by molar-refractivity contribution is 5.74. The van der Waals surface area contributed by atoms with Gasteiger partial charge in [-0.1, -0.05) is 109 Å². The van der Waals surface area contributed by atoms with Crippen LogP contribution in [0.5, 0.6) is 0 Å². The standard InChI is InChI=1S/C35H59N2/c1-2-6-10-14-18-24-34-26-22-31-37(32-34)29-21-17-13-9-5-3-7-11-15-19-25-35-27-23-30-36(33-35)28-20-16-12-8-4-1/h22-23,26-27,31-33H,1-21,24-25,28-30H2/q-1/p+1. The summed E-state index contributed by atoms with van der Waals surface area (Å²) in [5.41, 5.74) is 1.60. The molecule has 0 aromatic rings. The fourth-order valence-corrected chi connectivity index (χ4v) is 6.23. The lowest BCUT2D eigenvalue weighted by Crippen LogP contribution is -3.07. The normalized spacial score (nSPS) is 25.7. The van der Waals surface area contributed by atoms with Crippen LogP contribution in [0.3, 0.4) is 0 Å². The van der Waals surface area contributed by atoms with Crippen molar-refractivity contribution in [1.29, 1.82) is 0 Å². The van der Waals surface area contributed by atoms with Crippen LogP contribution < -0.4 is 4.90 Å². The Labute approximate surface area is 231 Å². The molecule has 3 aliphatic heterocycles. The number of nitrogens with one attached hydrogen (secondary N) is 1. The summed E-state index contributed by atoms with van der Waals surface area (Å²) in [7, 11) is 0. The summed E-state index contributed by atoms with van der Waals surface area (Å²) in [5.74, 6) is 1.53. The fourth-order valence-electron chi connectivity index (χ4n) is 6.23. The van der Waals surface area contributed by atoms with Crippen molar-refractivity contribution >= 4 is 6.21 Å². The van der Waals surface area contributed by atoms with Gasteiger partial charge < -0.3 is 15.6 Å². The van der Waals surface area contributed by atoms with E-state index in [-0.39, 0.29) is 0 Å². The van der Waals surface area contributed by atoms with E-state index < -0.39 is 0 Å². The van der Waals surface area contributed by atoms with Gasteiger partial charge in [0.2, 0.25) is 0 Å². The molecule has 0 spiro atoms. The Kier molecular flexibility index (Phi) is 16.7. The van der Waals surface area contributed by atoms with Crippen LogP contribution in [-0.2, 0) is 0 Å². The molecule has 2 nitrogen and oxygen atoms in total. The molecule has 0 aromatic heterocycles. The molecule has 1 atom stereocenters. The predicted molar refractivity (Wildman–Crippen MR) is 162 cm³/mol. The van der Waals surface area contributed by atoms with E-state index in [1.165, 1.54) is 173 Å². The number of fused-ring (bicyclic) bond motifs is 2. The highest BCUT2D eigenvalue weighted by Gasteiger charge is 2.10. The van der Waals surface area contributed by atoms with Crippen molar-refractivity contribution in [2.45, 2.75) is 148 Å². The minimum Gasteiger partial charge on any atom is -0.343 e. The third-order valence-electron chi connectivity index (χ3n) is 8.62. The van der Waals surface area contributed by atoms with E-state index in [4.69, 9.17) is 0 Å². The van der Waals surface area contributed by atoms with Crippen LogP contribution in [0.25, 0.3) is 0 Å². The summed E-state index contributed by atoms with van der Waals surface area (Å²) in [5, 5.41) is 0. The average molecular weight is 509 g/mol. The van der Waals surface area contributed by atoms with E-state index in [0.29, 0.717) is 0 Å². The minimum absolute atomic E-state index is 1.19. The molecule has 0 saturated heterocycles. The third kappa shape index (κ3) is 14.9. The van der Waals surface area contributed by atoms with Crippen molar-refractivity contribution in [1.82, 2.24) is 0 Å². The first-order chi connectivity index (χ1) is 18.4. The van der Waals surface area contributed by atoms with Gasteiger partial charge in [0.1, 0.15) is 13.1 Å². The minimum atomic E-state index is 1.19. The van der Waals surface area contributed by atoms with E-state index in [9.17, 15) is 0 Å². The van der Waals surface area contributed by atoms with E-state index in [1.807, 2.05) is 0 Å². The Hall–Kier alpha value is -1.41. The molecule has 210 valence electrons. The quantitative estimate of drug-likeness (QED) is 0.247. The third-order valence-corrected chi connectivity index (χ3v) is 8.62. The van der Waals surface area contributed by atoms with Crippen molar-refractivity contribution in [3.8, 4) is 0 Å². The van der Waals surface area contributed by atoms with Crippen LogP contribution in [0.2, 0.25) is 0 Å². The largest absolute Gasteiger partial charge is 0.343 e. The summed E-state index contributed by atoms with van der Waals surface area (Å²) in [6.07, 6.45) is 46.7. The molecule has 0 radical (unpaired) electrons. The molecule has 4 bridgehead atoms. The van der Waals surface area contributed by atoms with Crippen molar-refractivity contribution < 1.29 is 9.48 Å². The zero-order valence-corrected chi connectivity index (χ0v) is 24.4. The molecule has 3 aliphatic rings. The highest BCUT2D eigenvalue weighted by Crippen LogP contribution is 2.18. The predicted octanol–water partition coefficient (Wildman–Crippen LogP) is 8.70. The first kappa shape index (κ1) is 30.1. The Morgan fingerprint density at radius 2 is 1.22 bits per heavy atom. The highest BCUT2D eigenvalue weighted by atomic mass is 15.1. The summed E-state index contributed by atoms with van der Waals surface area (Å²) >= 11 is 0. The Morgan fingerprint density at radius 1 is 0.649 bits per heavy atom. The van der Waals surface area contributed by atoms with Gasteiger partial charge in [-0.2, -0.15) is 0 Å². The van der Waals surface area contributed by atoms with Gasteiger partial charge in [-0.15, -0.1) is 6.42 Å². The second kappa shape index (κ2) is 20.5. The molecule has 0 amide bonds. The summed E-state index contributed by atoms with van der Waals surface area (Å²) < 4.78 is 2.44. The lowest BCUT2D eigenvalue weighted by atomic mass is 9.98. The first-order valence-corrected chi connectivity index (χ1v) is 16.6. The van der Waals surface area contributed by atoms with Crippen molar-refractivity contribution in [2.75, 3.05) is 19.6 Å². The number of hydrogen-bond donors (Lipinski definition) is 1. The van der Waals surface area contributed by atoms with Crippen LogP contribution in [0, 0.1) is 12.5 Å². The van der Waals surface area contributed by atoms with Crippen LogP contribution in [0.15, 0.2) is 36.1 Å². The summed E-state index contributed by atoms with van der Waals surface area (Å²) in [6, 6.07) is 0. The van der Waals surface area contributed by atoms with Gasteiger partial charge >= 0.3 is 0 Å². The van der Waals surface area contributed by atoms with Crippen molar-refractivity contribution in [2.24, 2.45) is 0 Å². The number of nitrogens with zero attached hydrogens (tertiary/aromatic N) is 1. The molecule has 3 heterocycles. The molecule has 1 unspecified atom stereocenters. The van der Waals surface area contributed by atoms with E-state index in [1.54, 1.807) is 10.5 Å². The fraction of sp³-hybridized carbons (Fsp3) is 0.743. The Morgan fingerprint density at radius 3 is 1.89 bits per heavy atom. The summed E-state index contributed by atoms with van der Waals surface area (Å²) in [6.45, 7) is 6.00. The van der Waals surface area contributed by atoms with Gasteiger partial charge in [-0.25, -0.2) is 5.92 Å². The van der Waals surface area contributed by atoms with E-state index >= 15 is 0 Å². The zero-order valence-electron chi connectivity index (χ0n) is 24.4. The van der Waals surface area contributed by atoms with Gasteiger partial charge in [0.15, 0.2) is 0 Å². The van der Waals surface area contributed by atoms with Crippen LogP contribution in [-0.4, -0.2) is 30.4 Å². The number of allylic oxidation sites excluding steroid dienone is 3. The SMILES string of the molecule is C1=C[C-]2C=[N+]([CH-]1)CCCCCCCCCCCCC1=C[NH+](CC=C1)CCCCCCCCCCCCC2. The van der Waals surface area contributed by atoms with Gasteiger partial charge in [0.25, 0.3) is 0 Å². The maximum absolute atomic E-state index is 2.55. The maximum Gasteiger partial charge on any atom is 0.123 e. The smallest absolute Gasteiger partial charge is 0.123 e. The summed E-state index contributed by atoms with van der Waals surface area (Å²) in [4.78, 5) is 1.69. The lowest BCUT2D eigenvalue weighted by molar-refractivity contribution is -0.841. The zero-order chi connectivity index (χ0) is 25.6. The van der Waals surface area contributed by atoms with Crippen LogP contribution in [0.4, 0.5) is 0 Å².